The van der Waals surface area contributed by atoms with Gasteiger partial charge in [-0.1, -0.05) is 46.3 Å². The van der Waals surface area contributed by atoms with Gasteiger partial charge in [0.2, 0.25) is 5.91 Å². The molecule has 0 saturated carbocycles. The molecule has 0 radical (unpaired) electrons. The molecule has 104 valence electrons. The van der Waals surface area contributed by atoms with Gasteiger partial charge in [0.25, 0.3) is 0 Å². The van der Waals surface area contributed by atoms with E-state index < -0.39 is 0 Å². The van der Waals surface area contributed by atoms with Crippen LogP contribution in [0.15, 0.2) is 59.1 Å². The Hall–Kier alpha value is -1.81. The molecule has 0 fully saturated rings. The van der Waals surface area contributed by atoms with E-state index in [1.165, 1.54) is 0 Å². The van der Waals surface area contributed by atoms with Crippen LogP contribution in [0.1, 0.15) is 18.5 Å². The number of rotatable bonds is 5. The largest absolute Gasteiger partial charge is 0.376 e. The number of anilines is 1. The van der Waals surface area contributed by atoms with Crippen LogP contribution in [0.4, 0.5) is 5.69 Å². The van der Waals surface area contributed by atoms with E-state index in [1.807, 2.05) is 61.5 Å². The third-order valence-corrected chi connectivity index (χ3v) is 3.50. The van der Waals surface area contributed by atoms with Gasteiger partial charge in [0.15, 0.2) is 0 Å². The first-order chi connectivity index (χ1) is 9.65. The predicted molar refractivity (Wildman–Crippen MR) is 85.6 cm³/mol. The summed E-state index contributed by atoms with van der Waals surface area (Å²) in [6.07, 6.45) is 0. The lowest BCUT2D eigenvalue weighted by atomic mass is 10.1. The Bertz CT molecular complexity index is 554. The van der Waals surface area contributed by atoms with Crippen LogP contribution in [0.2, 0.25) is 0 Å². The molecule has 0 unspecified atom stereocenters. The maximum atomic E-state index is 11.9. The van der Waals surface area contributed by atoms with Crippen molar-refractivity contribution in [1.82, 2.24) is 5.32 Å². The molecule has 0 aromatic heterocycles. The van der Waals surface area contributed by atoms with Gasteiger partial charge in [0, 0.05) is 10.2 Å². The fourth-order valence-electron chi connectivity index (χ4n) is 1.87. The third-order valence-electron chi connectivity index (χ3n) is 2.97. The normalized spacial score (nSPS) is 11.7. The van der Waals surface area contributed by atoms with E-state index in [2.05, 4.69) is 26.6 Å². The molecule has 0 bridgehead atoms. The van der Waals surface area contributed by atoms with Crippen molar-refractivity contribution in [3.63, 3.8) is 0 Å². The van der Waals surface area contributed by atoms with Gasteiger partial charge in [0.05, 0.1) is 12.6 Å². The summed E-state index contributed by atoms with van der Waals surface area (Å²) < 4.78 is 1.02. The molecule has 0 saturated heterocycles. The van der Waals surface area contributed by atoms with E-state index in [0.29, 0.717) is 0 Å². The first kappa shape index (κ1) is 14.6. The summed E-state index contributed by atoms with van der Waals surface area (Å²) in [4.78, 5) is 11.9. The second-order valence-corrected chi connectivity index (χ2v) is 5.48. The summed E-state index contributed by atoms with van der Waals surface area (Å²) >= 11 is 3.38. The van der Waals surface area contributed by atoms with E-state index in [1.54, 1.807) is 0 Å². The second kappa shape index (κ2) is 7.10. The van der Waals surface area contributed by atoms with Gasteiger partial charge in [-0.2, -0.15) is 0 Å². The molecule has 1 atom stereocenters. The fourth-order valence-corrected chi connectivity index (χ4v) is 2.13. The molecule has 2 rings (SSSR count). The summed E-state index contributed by atoms with van der Waals surface area (Å²) in [7, 11) is 0. The molecule has 3 nitrogen and oxygen atoms in total. The van der Waals surface area contributed by atoms with Gasteiger partial charge in [-0.25, -0.2) is 0 Å². The number of amides is 1. The van der Waals surface area contributed by atoms with E-state index in [4.69, 9.17) is 0 Å². The number of hydrogen-bond acceptors (Lipinski definition) is 2. The van der Waals surface area contributed by atoms with Crippen molar-refractivity contribution in [1.29, 1.82) is 0 Å². The standard InChI is InChI=1S/C16H17BrN2O/c1-12(13-5-3-2-4-6-13)19-16(20)11-18-15-9-7-14(17)8-10-15/h2-10,12,18H,11H2,1H3,(H,19,20)/t12-/m0/s1. The molecule has 4 heteroatoms. The molecule has 0 heterocycles. The van der Waals surface area contributed by atoms with Crippen LogP contribution in [0.25, 0.3) is 0 Å². The fraction of sp³-hybridized carbons (Fsp3) is 0.188. The topological polar surface area (TPSA) is 41.1 Å². The molecule has 1 amide bonds. The van der Waals surface area contributed by atoms with E-state index in [9.17, 15) is 4.79 Å². The van der Waals surface area contributed by atoms with E-state index in [0.717, 1.165) is 15.7 Å². The van der Waals surface area contributed by atoms with Crippen molar-refractivity contribution in [3.8, 4) is 0 Å². The third kappa shape index (κ3) is 4.38. The van der Waals surface area contributed by atoms with Crippen LogP contribution in [0.3, 0.4) is 0 Å². The highest BCUT2D eigenvalue weighted by atomic mass is 79.9. The zero-order chi connectivity index (χ0) is 14.4. The Morgan fingerprint density at radius 2 is 1.75 bits per heavy atom. The van der Waals surface area contributed by atoms with Crippen LogP contribution in [-0.4, -0.2) is 12.5 Å². The van der Waals surface area contributed by atoms with Crippen LogP contribution < -0.4 is 10.6 Å². The highest BCUT2D eigenvalue weighted by Crippen LogP contribution is 2.14. The molecule has 0 aliphatic heterocycles. The first-order valence-corrected chi connectivity index (χ1v) is 7.28. The molecule has 0 aliphatic carbocycles. The molecular formula is C16H17BrN2O. The summed E-state index contributed by atoms with van der Waals surface area (Å²) in [6.45, 7) is 2.24. The highest BCUT2D eigenvalue weighted by molar-refractivity contribution is 9.10. The Labute approximate surface area is 127 Å². The zero-order valence-electron chi connectivity index (χ0n) is 11.3. The monoisotopic (exact) mass is 332 g/mol. The average Bonchev–Trinajstić information content (AvgIpc) is 2.47. The number of benzene rings is 2. The number of carbonyl (C=O) groups excluding carboxylic acids is 1. The maximum Gasteiger partial charge on any atom is 0.239 e. The molecule has 20 heavy (non-hydrogen) atoms. The Balaban J connectivity index is 1.82. The quantitative estimate of drug-likeness (QED) is 0.875. The molecule has 0 spiro atoms. The summed E-state index contributed by atoms with van der Waals surface area (Å²) in [5.41, 5.74) is 2.03. The summed E-state index contributed by atoms with van der Waals surface area (Å²) in [5, 5.41) is 6.06. The minimum atomic E-state index is -0.0238. The van der Waals surface area contributed by atoms with Gasteiger partial charge in [-0.15, -0.1) is 0 Å². The minimum Gasteiger partial charge on any atom is -0.376 e. The maximum absolute atomic E-state index is 11.9. The Kier molecular flexibility index (Phi) is 5.18. The van der Waals surface area contributed by atoms with E-state index in [-0.39, 0.29) is 18.5 Å². The number of hydrogen-bond donors (Lipinski definition) is 2. The molecule has 2 aromatic rings. The van der Waals surface area contributed by atoms with Crippen molar-refractivity contribution in [3.05, 3.63) is 64.6 Å². The second-order valence-electron chi connectivity index (χ2n) is 4.56. The van der Waals surface area contributed by atoms with Gasteiger partial charge in [-0.3, -0.25) is 4.79 Å². The van der Waals surface area contributed by atoms with Gasteiger partial charge in [-0.05, 0) is 36.8 Å². The molecule has 2 aromatic carbocycles. The lowest BCUT2D eigenvalue weighted by molar-refractivity contribution is -0.120. The first-order valence-electron chi connectivity index (χ1n) is 6.49. The number of carbonyl (C=O) groups is 1. The molecule has 0 aliphatic rings. The molecule has 2 N–H and O–H groups in total. The van der Waals surface area contributed by atoms with Crippen LogP contribution in [0.5, 0.6) is 0 Å². The lowest BCUT2D eigenvalue weighted by Crippen LogP contribution is -2.32. The SMILES string of the molecule is C[C@H](NC(=O)CNc1ccc(Br)cc1)c1ccccc1. The zero-order valence-corrected chi connectivity index (χ0v) is 12.9. The highest BCUT2D eigenvalue weighted by Gasteiger charge is 2.08. The van der Waals surface area contributed by atoms with Gasteiger partial charge in [0.1, 0.15) is 0 Å². The van der Waals surface area contributed by atoms with Crippen molar-refractivity contribution in [2.45, 2.75) is 13.0 Å². The predicted octanol–water partition coefficient (Wildman–Crippen LogP) is 3.74. The summed E-state index contributed by atoms with van der Waals surface area (Å²) in [5.74, 6) is -0.0238. The average molecular weight is 333 g/mol. The Morgan fingerprint density at radius 3 is 2.40 bits per heavy atom. The van der Waals surface area contributed by atoms with E-state index >= 15 is 0 Å². The minimum absolute atomic E-state index is 0.00965. The van der Waals surface area contributed by atoms with Crippen molar-refractivity contribution >= 4 is 27.5 Å². The number of halogens is 1. The van der Waals surface area contributed by atoms with Crippen LogP contribution in [-0.2, 0) is 4.79 Å². The lowest BCUT2D eigenvalue weighted by Gasteiger charge is -2.15. The summed E-state index contributed by atoms with van der Waals surface area (Å²) in [6, 6.07) is 17.7. The Morgan fingerprint density at radius 1 is 1.10 bits per heavy atom. The molecular weight excluding hydrogens is 316 g/mol. The van der Waals surface area contributed by atoms with Crippen molar-refractivity contribution in [2.75, 3.05) is 11.9 Å². The van der Waals surface area contributed by atoms with Crippen LogP contribution in [0, 0.1) is 0 Å². The number of nitrogens with one attached hydrogen (secondary N) is 2. The smallest absolute Gasteiger partial charge is 0.239 e. The van der Waals surface area contributed by atoms with Crippen molar-refractivity contribution in [2.24, 2.45) is 0 Å². The van der Waals surface area contributed by atoms with Crippen molar-refractivity contribution < 1.29 is 4.79 Å². The van der Waals surface area contributed by atoms with Gasteiger partial charge < -0.3 is 10.6 Å². The van der Waals surface area contributed by atoms with Crippen LogP contribution >= 0.6 is 15.9 Å². The van der Waals surface area contributed by atoms with Gasteiger partial charge >= 0.3 is 0 Å².